The van der Waals surface area contributed by atoms with Gasteiger partial charge in [0.25, 0.3) is 0 Å². The van der Waals surface area contributed by atoms with Crippen molar-refractivity contribution in [1.29, 1.82) is 0 Å². The molecule has 0 aliphatic carbocycles. The zero-order valence-corrected chi connectivity index (χ0v) is 17.9. The summed E-state index contributed by atoms with van der Waals surface area (Å²) in [5, 5.41) is 20.1. The Hall–Kier alpha value is 0.274. The van der Waals surface area contributed by atoms with E-state index in [0.29, 0.717) is 0 Å². The minimum atomic E-state index is -2.60. The molecular weight excluding hydrogens is 312 g/mol. The van der Waals surface area contributed by atoms with Gasteiger partial charge >= 0.3 is 0 Å². The first-order chi connectivity index (χ1) is 11.0. The standard InChI is InChI=1S/C16H38O4Si2/c1-15(2,3)21(7,8)19-11-13(17)14(18)12-20-22(9,10)16(4,5)6/h13-14,17-18H,11-12H2,1-10H3/t13-,14-/m1/s1/i11D2,12D2. The summed E-state index contributed by atoms with van der Waals surface area (Å²) in [7, 11) is -5.17. The number of aliphatic hydroxyl groups excluding tert-OH is 2. The fourth-order valence-electron chi connectivity index (χ4n) is 0.850. The first-order valence-corrected chi connectivity index (χ1v) is 13.6. The molecule has 2 atom stereocenters. The Bertz CT molecular complexity index is 442. The highest BCUT2D eigenvalue weighted by Gasteiger charge is 2.39. The molecule has 0 spiro atoms. The quantitative estimate of drug-likeness (QED) is 0.684. The number of hydrogen-bond donors (Lipinski definition) is 2. The average Bonchev–Trinajstić information content (AvgIpc) is 2.31. The van der Waals surface area contributed by atoms with Gasteiger partial charge in [-0.05, 0) is 36.3 Å². The first kappa shape index (κ1) is 15.8. The van der Waals surface area contributed by atoms with Crippen LogP contribution in [-0.2, 0) is 8.85 Å². The molecule has 6 heteroatoms. The Kier molecular flexibility index (Phi) is 5.34. The smallest absolute Gasteiger partial charge is 0.192 e. The third-order valence-corrected chi connectivity index (χ3v) is 13.3. The summed E-state index contributed by atoms with van der Waals surface area (Å²) in [4.78, 5) is 0. The Morgan fingerprint density at radius 3 is 1.18 bits per heavy atom. The zero-order valence-electron chi connectivity index (χ0n) is 19.9. The van der Waals surface area contributed by atoms with Crippen LogP contribution in [0.15, 0.2) is 0 Å². The van der Waals surface area contributed by atoms with Gasteiger partial charge in [0.1, 0.15) is 12.2 Å². The monoisotopic (exact) mass is 354 g/mol. The van der Waals surface area contributed by atoms with Gasteiger partial charge < -0.3 is 19.1 Å². The maximum atomic E-state index is 10.4. The van der Waals surface area contributed by atoms with Crippen molar-refractivity contribution < 1.29 is 24.5 Å². The van der Waals surface area contributed by atoms with Gasteiger partial charge in [0.05, 0.1) is 18.6 Å². The van der Waals surface area contributed by atoms with Crippen LogP contribution in [0.5, 0.6) is 0 Å². The molecule has 0 aliphatic rings. The minimum Gasteiger partial charge on any atom is -0.414 e. The highest BCUT2D eigenvalue weighted by Crippen LogP contribution is 2.37. The second kappa shape index (κ2) is 7.44. The zero-order chi connectivity index (χ0) is 21.6. The Morgan fingerprint density at radius 2 is 1.00 bits per heavy atom. The maximum Gasteiger partial charge on any atom is 0.192 e. The van der Waals surface area contributed by atoms with E-state index < -0.39 is 42.0 Å². The van der Waals surface area contributed by atoms with Crippen LogP contribution >= 0.6 is 0 Å². The lowest BCUT2D eigenvalue weighted by Crippen LogP contribution is -2.47. The molecule has 0 saturated heterocycles. The van der Waals surface area contributed by atoms with Gasteiger partial charge in [0.2, 0.25) is 0 Å². The molecule has 0 fully saturated rings. The second-order valence-corrected chi connectivity index (χ2v) is 18.3. The van der Waals surface area contributed by atoms with Crippen LogP contribution in [0.4, 0.5) is 0 Å². The molecule has 0 rings (SSSR count). The normalized spacial score (nSPS) is 21.5. The lowest BCUT2D eigenvalue weighted by Gasteiger charge is -2.38. The highest BCUT2D eigenvalue weighted by atomic mass is 28.4. The molecule has 0 aliphatic heterocycles. The molecule has 0 aromatic rings. The Morgan fingerprint density at radius 1 is 0.773 bits per heavy atom. The van der Waals surface area contributed by atoms with E-state index in [1.54, 1.807) is 0 Å². The molecule has 0 aromatic heterocycles. The molecule has 2 N–H and O–H groups in total. The SMILES string of the molecule is [2H]C([2H])(O[Si](C)(C)C(C)(C)C)[C@@H](O)[C@H](O)C([2H])([2H])O[Si](C)(C)C(C)(C)C. The van der Waals surface area contributed by atoms with Crippen molar-refractivity contribution in [2.24, 2.45) is 0 Å². The number of hydrogen-bond acceptors (Lipinski definition) is 4. The third kappa shape index (κ3) is 6.41. The van der Waals surface area contributed by atoms with Gasteiger partial charge in [0, 0.05) is 0 Å². The molecule has 134 valence electrons. The van der Waals surface area contributed by atoms with Crippen molar-refractivity contribution in [2.75, 3.05) is 13.1 Å². The Balaban J connectivity index is 5.49. The van der Waals surface area contributed by atoms with E-state index in [-0.39, 0.29) is 10.1 Å². The van der Waals surface area contributed by atoms with Crippen LogP contribution in [0.1, 0.15) is 47.0 Å². The van der Waals surface area contributed by atoms with Gasteiger partial charge in [-0.3, -0.25) is 0 Å². The van der Waals surface area contributed by atoms with Crippen molar-refractivity contribution in [3.63, 3.8) is 0 Å². The van der Waals surface area contributed by atoms with Crippen LogP contribution in [-0.4, -0.2) is 52.2 Å². The van der Waals surface area contributed by atoms with Crippen LogP contribution < -0.4 is 0 Å². The summed E-state index contributed by atoms with van der Waals surface area (Å²) >= 11 is 0. The van der Waals surface area contributed by atoms with Gasteiger partial charge in [-0.1, -0.05) is 41.5 Å². The first-order valence-electron chi connectivity index (χ1n) is 9.74. The van der Waals surface area contributed by atoms with E-state index in [9.17, 15) is 10.2 Å². The van der Waals surface area contributed by atoms with E-state index in [2.05, 4.69) is 0 Å². The lowest BCUT2D eigenvalue weighted by molar-refractivity contribution is -0.0336. The van der Waals surface area contributed by atoms with Gasteiger partial charge in [0.15, 0.2) is 16.6 Å². The third-order valence-electron chi connectivity index (χ3n) is 4.78. The fraction of sp³-hybridized carbons (Fsp3) is 1.00. The fourth-order valence-corrected chi connectivity index (χ4v) is 2.29. The molecule has 0 unspecified atom stereocenters. The van der Waals surface area contributed by atoms with Crippen molar-refractivity contribution in [1.82, 2.24) is 0 Å². The van der Waals surface area contributed by atoms with Crippen LogP contribution in [0.2, 0.25) is 36.3 Å². The summed E-state index contributed by atoms with van der Waals surface area (Å²) in [5.41, 5.74) is 0. The van der Waals surface area contributed by atoms with Crippen LogP contribution in [0, 0.1) is 0 Å². The Labute approximate surface area is 145 Å². The van der Waals surface area contributed by atoms with E-state index in [0.717, 1.165) is 0 Å². The molecule has 0 radical (unpaired) electrons. The van der Waals surface area contributed by atoms with Gasteiger partial charge in [-0.2, -0.15) is 0 Å². The van der Waals surface area contributed by atoms with Crippen molar-refractivity contribution in [2.45, 2.75) is 90.0 Å². The summed E-state index contributed by atoms with van der Waals surface area (Å²) in [5.74, 6) is 0. The minimum absolute atomic E-state index is 0.304. The van der Waals surface area contributed by atoms with E-state index in [1.165, 1.54) is 0 Å². The molecule has 0 bridgehead atoms. The van der Waals surface area contributed by atoms with E-state index in [4.69, 9.17) is 14.3 Å². The van der Waals surface area contributed by atoms with Gasteiger partial charge in [-0.15, -0.1) is 0 Å². The number of aliphatic hydroxyl groups is 2. The van der Waals surface area contributed by atoms with Crippen molar-refractivity contribution in [3.8, 4) is 0 Å². The predicted molar refractivity (Wildman–Crippen MR) is 98.3 cm³/mol. The van der Waals surface area contributed by atoms with E-state index >= 15 is 0 Å². The summed E-state index contributed by atoms with van der Waals surface area (Å²) in [6.45, 7) is 13.7. The highest BCUT2D eigenvalue weighted by molar-refractivity contribution is 6.74. The second-order valence-electron chi connectivity index (χ2n) is 8.85. The molecule has 0 heterocycles. The van der Waals surface area contributed by atoms with Crippen LogP contribution in [0.25, 0.3) is 0 Å². The van der Waals surface area contributed by atoms with Crippen molar-refractivity contribution in [3.05, 3.63) is 0 Å². The van der Waals surface area contributed by atoms with E-state index in [1.807, 2.05) is 67.7 Å². The molecule has 22 heavy (non-hydrogen) atoms. The molecule has 0 amide bonds. The summed E-state index contributed by atoms with van der Waals surface area (Å²) in [6.07, 6.45) is -4.17. The molecular formula is C16H38O4Si2. The van der Waals surface area contributed by atoms with Gasteiger partial charge in [-0.25, -0.2) is 0 Å². The van der Waals surface area contributed by atoms with Crippen molar-refractivity contribution >= 4 is 16.6 Å². The molecule has 0 aromatic carbocycles. The molecule has 0 saturated carbocycles. The topological polar surface area (TPSA) is 58.9 Å². The van der Waals surface area contributed by atoms with Crippen LogP contribution in [0.3, 0.4) is 0 Å². The lowest BCUT2D eigenvalue weighted by atomic mass is 10.2. The summed E-state index contributed by atoms with van der Waals surface area (Å²) < 4.78 is 43.6. The summed E-state index contributed by atoms with van der Waals surface area (Å²) in [6, 6.07) is 0. The average molecular weight is 355 g/mol. The number of rotatable bonds is 7. The predicted octanol–water partition coefficient (Wildman–Crippen LogP) is 3.75. The maximum absolute atomic E-state index is 10.4. The largest absolute Gasteiger partial charge is 0.414 e. The molecule has 4 nitrogen and oxygen atoms in total.